The van der Waals surface area contributed by atoms with Gasteiger partial charge in [-0.2, -0.15) is 0 Å². The predicted octanol–water partition coefficient (Wildman–Crippen LogP) is 4.45. The standard InChI is InChI=1S/C20H22O3/c1-13-5-10-17(21)16(11-13)19(23)12-18(22)14-6-8-15(9-7-14)20(2,3)4/h5-11,21H,12H2,1-4H3. The number of Topliss-reactive ketones (excluding diaryl/α,β-unsaturated/α-hetero) is 2. The summed E-state index contributed by atoms with van der Waals surface area (Å²) in [7, 11) is 0. The zero-order valence-electron chi connectivity index (χ0n) is 14.0. The predicted molar refractivity (Wildman–Crippen MR) is 91.3 cm³/mol. The molecule has 120 valence electrons. The van der Waals surface area contributed by atoms with E-state index in [1.54, 1.807) is 24.3 Å². The average Bonchev–Trinajstić information content (AvgIpc) is 2.48. The molecule has 0 atom stereocenters. The maximum atomic E-state index is 12.3. The van der Waals surface area contributed by atoms with Crippen molar-refractivity contribution in [3.8, 4) is 5.75 Å². The first-order valence-electron chi connectivity index (χ1n) is 7.65. The second-order valence-electron chi connectivity index (χ2n) is 6.87. The van der Waals surface area contributed by atoms with Gasteiger partial charge >= 0.3 is 0 Å². The third kappa shape index (κ3) is 4.07. The Morgan fingerprint density at radius 2 is 1.57 bits per heavy atom. The molecule has 2 aromatic carbocycles. The summed E-state index contributed by atoms with van der Waals surface area (Å²) < 4.78 is 0. The molecule has 0 aliphatic heterocycles. The SMILES string of the molecule is Cc1ccc(O)c(C(=O)CC(=O)c2ccc(C(C)(C)C)cc2)c1. The van der Waals surface area contributed by atoms with Crippen molar-refractivity contribution in [3.05, 3.63) is 64.7 Å². The summed E-state index contributed by atoms with van der Waals surface area (Å²) in [4.78, 5) is 24.5. The fourth-order valence-corrected chi connectivity index (χ4v) is 2.37. The van der Waals surface area contributed by atoms with Crippen molar-refractivity contribution in [2.45, 2.75) is 39.5 Å². The summed E-state index contributed by atoms with van der Waals surface area (Å²) in [6.07, 6.45) is -0.244. The lowest BCUT2D eigenvalue weighted by atomic mass is 9.86. The molecule has 0 aliphatic carbocycles. The summed E-state index contributed by atoms with van der Waals surface area (Å²) in [6, 6.07) is 12.2. The lowest BCUT2D eigenvalue weighted by molar-refractivity contribution is 0.0893. The lowest BCUT2D eigenvalue weighted by Gasteiger charge is -2.18. The zero-order chi connectivity index (χ0) is 17.2. The van der Waals surface area contributed by atoms with Gasteiger partial charge in [0.25, 0.3) is 0 Å². The van der Waals surface area contributed by atoms with Gasteiger partial charge in [0.1, 0.15) is 5.75 Å². The second-order valence-corrected chi connectivity index (χ2v) is 6.87. The molecule has 0 aliphatic rings. The van der Waals surface area contributed by atoms with Gasteiger partial charge in [-0.1, -0.05) is 56.7 Å². The Hall–Kier alpha value is -2.42. The maximum Gasteiger partial charge on any atom is 0.174 e. The van der Waals surface area contributed by atoms with E-state index in [-0.39, 0.29) is 34.7 Å². The first-order valence-corrected chi connectivity index (χ1v) is 7.65. The van der Waals surface area contributed by atoms with E-state index < -0.39 is 0 Å². The van der Waals surface area contributed by atoms with E-state index in [1.807, 2.05) is 19.1 Å². The van der Waals surface area contributed by atoms with E-state index in [1.165, 1.54) is 6.07 Å². The molecule has 0 unspecified atom stereocenters. The van der Waals surface area contributed by atoms with Crippen LogP contribution < -0.4 is 0 Å². The molecule has 0 fully saturated rings. The largest absolute Gasteiger partial charge is 0.507 e. The number of aryl methyl sites for hydroxylation is 1. The maximum absolute atomic E-state index is 12.3. The molecule has 1 N–H and O–H groups in total. The van der Waals surface area contributed by atoms with Crippen molar-refractivity contribution >= 4 is 11.6 Å². The monoisotopic (exact) mass is 310 g/mol. The quantitative estimate of drug-likeness (QED) is 0.670. The van der Waals surface area contributed by atoms with E-state index >= 15 is 0 Å². The van der Waals surface area contributed by atoms with Crippen LogP contribution in [-0.4, -0.2) is 16.7 Å². The highest BCUT2D eigenvalue weighted by molar-refractivity contribution is 6.14. The number of carbonyl (C=O) groups is 2. The molecule has 0 aromatic heterocycles. The number of aromatic hydroxyl groups is 1. The summed E-state index contributed by atoms with van der Waals surface area (Å²) in [5.41, 5.74) is 2.73. The van der Waals surface area contributed by atoms with E-state index in [9.17, 15) is 14.7 Å². The normalized spacial score (nSPS) is 11.3. The van der Waals surface area contributed by atoms with Crippen LogP contribution in [0.25, 0.3) is 0 Å². The van der Waals surface area contributed by atoms with Crippen LogP contribution in [0.15, 0.2) is 42.5 Å². The van der Waals surface area contributed by atoms with Crippen LogP contribution in [0, 0.1) is 6.92 Å². The van der Waals surface area contributed by atoms with Gasteiger partial charge in [0, 0.05) is 5.56 Å². The van der Waals surface area contributed by atoms with Crippen LogP contribution in [-0.2, 0) is 5.41 Å². The molecular weight excluding hydrogens is 288 g/mol. The van der Waals surface area contributed by atoms with Gasteiger partial charge in [0.05, 0.1) is 12.0 Å². The number of ketones is 2. The van der Waals surface area contributed by atoms with Gasteiger partial charge in [0.15, 0.2) is 11.6 Å². The van der Waals surface area contributed by atoms with Crippen molar-refractivity contribution in [2.24, 2.45) is 0 Å². The van der Waals surface area contributed by atoms with Crippen molar-refractivity contribution < 1.29 is 14.7 Å². The summed E-state index contributed by atoms with van der Waals surface area (Å²) in [5, 5.41) is 9.78. The Kier molecular flexibility index (Phi) is 4.69. The van der Waals surface area contributed by atoms with Crippen LogP contribution >= 0.6 is 0 Å². The molecule has 0 radical (unpaired) electrons. The van der Waals surface area contributed by atoms with Crippen LogP contribution in [0.2, 0.25) is 0 Å². The molecule has 23 heavy (non-hydrogen) atoms. The van der Waals surface area contributed by atoms with Gasteiger partial charge < -0.3 is 5.11 Å². The van der Waals surface area contributed by atoms with Crippen LogP contribution in [0.1, 0.15) is 59.0 Å². The van der Waals surface area contributed by atoms with Crippen molar-refractivity contribution in [2.75, 3.05) is 0 Å². The molecule has 0 amide bonds. The minimum Gasteiger partial charge on any atom is -0.507 e. The Balaban J connectivity index is 2.15. The van der Waals surface area contributed by atoms with Gasteiger partial charge in [-0.25, -0.2) is 0 Å². The van der Waals surface area contributed by atoms with E-state index in [0.717, 1.165) is 11.1 Å². The first-order chi connectivity index (χ1) is 10.7. The zero-order valence-corrected chi connectivity index (χ0v) is 14.0. The number of carbonyl (C=O) groups excluding carboxylic acids is 2. The fourth-order valence-electron chi connectivity index (χ4n) is 2.37. The third-order valence-corrected chi connectivity index (χ3v) is 3.85. The topological polar surface area (TPSA) is 54.4 Å². The molecule has 0 bridgehead atoms. The summed E-state index contributed by atoms with van der Waals surface area (Å²) >= 11 is 0. The van der Waals surface area contributed by atoms with Crippen LogP contribution in [0.3, 0.4) is 0 Å². The first kappa shape index (κ1) is 16.9. The second kappa shape index (κ2) is 6.37. The number of hydrogen-bond donors (Lipinski definition) is 1. The molecule has 2 aromatic rings. The van der Waals surface area contributed by atoms with Gasteiger partial charge in [-0.05, 0) is 30.0 Å². The van der Waals surface area contributed by atoms with Crippen molar-refractivity contribution in [1.29, 1.82) is 0 Å². The molecular formula is C20H22O3. The molecule has 0 saturated heterocycles. The van der Waals surface area contributed by atoms with Gasteiger partial charge in [0.2, 0.25) is 0 Å². The molecule has 0 spiro atoms. The summed E-state index contributed by atoms with van der Waals surface area (Å²) in [5.74, 6) is -0.691. The minimum absolute atomic E-state index is 0.0186. The number of phenolic OH excluding ortho intramolecular Hbond substituents is 1. The van der Waals surface area contributed by atoms with Crippen molar-refractivity contribution in [3.63, 3.8) is 0 Å². The number of benzene rings is 2. The highest BCUT2D eigenvalue weighted by atomic mass is 16.3. The molecule has 3 nitrogen and oxygen atoms in total. The van der Waals surface area contributed by atoms with Crippen LogP contribution in [0.5, 0.6) is 5.75 Å². The Labute approximate surface area is 137 Å². The van der Waals surface area contributed by atoms with E-state index in [2.05, 4.69) is 20.8 Å². The number of phenols is 1. The Bertz CT molecular complexity index is 734. The Morgan fingerprint density at radius 1 is 0.957 bits per heavy atom. The van der Waals surface area contributed by atoms with Crippen molar-refractivity contribution in [1.82, 2.24) is 0 Å². The Morgan fingerprint density at radius 3 is 2.13 bits per heavy atom. The van der Waals surface area contributed by atoms with Gasteiger partial charge in [-0.15, -0.1) is 0 Å². The molecule has 0 saturated carbocycles. The smallest absolute Gasteiger partial charge is 0.174 e. The highest BCUT2D eigenvalue weighted by Gasteiger charge is 2.18. The minimum atomic E-state index is -0.365. The summed E-state index contributed by atoms with van der Waals surface area (Å²) in [6.45, 7) is 8.15. The fraction of sp³-hybridized carbons (Fsp3) is 0.300. The van der Waals surface area contributed by atoms with E-state index in [4.69, 9.17) is 0 Å². The third-order valence-electron chi connectivity index (χ3n) is 3.85. The molecule has 2 rings (SSSR count). The number of rotatable bonds is 4. The lowest BCUT2D eigenvalue weighted by Crippen LogP contribution is -2.12. The molecule has 0 heterocycles. The van der Waals surface area contributed by atoms with E-state index in [0.29, 0.717) is 5.56 Å². The number of hydrogen-bond acceptors (Lipinski definition) is 3. The highest BCUT2D eigenvalue weighted by Crippen LogP contribution is 2.24. The molecule has 3 heteroatoms. The average molecular weight is 310 g/mol. The van der Waals surface area contributed by atoms with Gasteiger partial charge in [-0.3, -0.25) is 9.59 Å². The van der Waals surface area contributed by atoms with Crippen LogP contribution in [0.4, 0.5) is 0 Å².